The molecule has 0 aliphatic heterocycles. The van der Waals surface area contributed by atoms with Crippen molar-refractivity contribution < 1.29 is 5.11 Å². The predicted octanol–water partition coefficient (Wildman–Crippen LogP) is 3.81. The minimum absolute atomic E-state index is 0.514. The zero-order valence-electron chi connectivity index (χ0n) is 12.2. The number of aliphatic hydroxyl groups excluding tert-OH is 1. The average Bonchev–Trinajstić information content (AvgIpc) is 2.36. The highest BCUT2D eigenvalue weighted by molar-refractivity contribution is 6.83. The molecule has 0 heterocycles. The third-order valence-corrected chi connectivity index (χ3v) is 3.48. The van der Waals surface area contributed by atoms with Crippen molar-refractivity contribution in [1.29, 1.82) is 0 Å². The summed E-state index contributed by atoms with van der Waals surface area (Å²) in [6.07, 6.45) is 6.34. The van der Waals surface area contributed by atoms with Gasteiger partial charge in [-0.05, 0) is 18.4 Å². The van der Waals surface area contributed by atoms with Crippen LogP contribution in [-0.2, 0) is 6.42 Å². The third-order valence-electron chi connectivity index (χ3n) is 2.58. The van der Waals surface area contributed by atoms with E-state index < -0.39 is 14.2 Å². The minimum atomic E-state index is -1.36. The standard InChI is InChI=1S/C17H24OSi/c1-19(2,3)15-14-17(18)13-9-5-8-12-16-10-6-4-7-11-16/h4-7,9-11,17-18H,8,12-13H2,1-3H3. The van der Waals surface area contributed by atoms with Gasteiger partial charge in [0.2, 0.25) is 0 Å². The van der Waals surface area contributed by atoms with Crippen molar-refractivity contribution in [3.05, 3.63) is 48.0 Å². The van der Waals surface area contributed by atoms with Crippen molar-refractivity contribution in [3.8, 4) is 11.5 Å². The van der Waals surface area contributed by atoms with E-state index in [0.29, 0.717) is 6.42 Å². The van der Waals surface area contributed by atoms with Crippen LogP contribution in [0.3, 0.4) is 0 Å². The molecule has 0 radical (unpaired) electrons. The molecule has 1 nitrogen and oxygen atoms in total. The molecule has 102 valence electrons. The van der Waals surface area contributed by atoms with Crippen LogP contribution in [0.1, 0.15) is 18.4 Å². The Hall–Kier alpha value is -1.30. The Morgan fingerprint density at radius 2 is 1.84 bits per heavy atom. The summed E-state index contributed by atoms with van der Waals surface area (Å²) in [6.45, 7) is 6.55. The molecule has 0 amide bonds. The van der Waals surface area contributed by atoms with Gasteiger partial charge in [-0.25, -0.2) is 0 Å². The first-order chi connectivity index (χ1) is 8.97. The number of aliphatic hydroxyl groups is 1. The lowest BCUT2D eigenvalue weighted by atomic mass is 10.1. The van der Waals surface area contributed by atoms with Crippen LogP contribution >= 0.6 is 0 Å². The van der Waals surface area contributed by atoms with Crippen LogP contribution in [0, 0.1) is 11.5 Å². The van der Waals surface area contributed by atoms with E-state index in [-0.39, 0.29) is 0 Å². The molecule has 1 N–H and O–H groups in total. The van der Waals surface area contributed by atoms with Crippen molar-refractivity contribution in [2.24, 2.45) is 0 Å². The molecule has 0 spiro atoms. The molecule has 1 aromatic rings. The van der Waals surface area contributed by atoms with Crippen molar-refractivity contribution >= 4 is 8.07 Å². The van der Waals surface area contributed by atoms with E-state index in [1.807, 2.05) is 12.1 Å². The topological polar surface area (TPSA) is 20.2 Å². The van der Waals surface area contributed by atoms with Gasteiger partial charge in [0, 0.05) is 6.42 Å². The SMILES string of the molecule is C[Si](C)(C)C#CC(O)CC=CCCc1ccccc1. The summed E-state index contributed by atoms with van der Waals surface area (Å²) in [5.41, 5.74) is 4.55. The summed E-state index contributed by atoms with van der Waals surface area (Å²) in [5, 5.41) is 9.73. The van der Waals surface area contributed by atoms with Crippen LogP contribution in [0.15, 0.2) is 42.5 Å². The molecule has 1 aromatic carbocycles. The second-order valence-corrected chi connectivity index (χ2v) is 10.5. The lowest BCUT2D eigenvalue weighted by Gasteiger charge is -2.05. The van der Waals surface area contributed by atoms with Crippen LogP contribution in [0.4, 0.5) is 0 Å². The van der Waals surface area contributed by atoms with Gasteiger partial charge in [0.15, 0.2) is 0 Å². The number of rotatable bonds is 5. The minimum Gasteiger partial charge on any atom is -0.380 e. The molecule has 0 aliphatic carbocycles. The first kappa shape index (κ1) is 15.8. The van der Waals surface area contributed by atoms with E-state index in [9.17, 15) is 5.11 Å². The fourth-order valence-corrected chi connectivity index (χ4v) is 2.20. The van der Waals surface area contributed by atoms with E-state index in [1.54, 1.807) is 0 Å². The van der Waals surface area contributed by atoms with Crippen LogP contribution in [0.2, 0.25) is 19.6 Å². The summed E-state index contributed by atoms with van der Waals surface area (Å²) in [6, 6.07) is 10.4. The Morgan fingerprint density at radius 1 is 1.16 bits per heavy atom. The second kappa shape index (κ2) is 7.99. The second-order valence-electron chi connectivity index (χ2n) is 5.77. The zero-order valence-corrected chi connectivity index (χ0v) is 13.2. The monoisotopic (exact) mass is 272 g/mol. The van der Waals surface area contributed by atoms with Gasteiger partial charge in [-0.2, -0.15) is 0 Å². The maximum absolute atomic E-state index is 9.73. The molecule has 0 saturated heterocycles. The number of aryl methyl sites for hydroxylation is 1. The third kappa shape index (κ3) is 8.42. The average molecular weight is 272 g/mol. The maximum Gasteiger partial charge on any atom is 0.129 e. The lowest BCUT2D eigenvalue weighted by Crippen LogP contribution is -2.17. The first-order valence-electron chi connectivity index (χ1n) is 6.87. The van der Waals surface area contributed by atoms with E-state index >= 15 is 0 Å². The van der Waals surface area contributed by atoms with Crippen LogP contribution in [0.25, 0.3) is 0 Å². The Kier molecular flexibility index (Phi) is 6.62. The zero-order chi connectivity index (χ0) is 14.1. The summed E-state index contributed by atoms with van der Waals surface area (Å²) < 4.78 is 0. The number of benzene rings is 1. The highest BCUT2D eigenvalue weighted by Crippen LogP contribution is 2.04. The lowest BCUT2D eigenvalue weighted by molar-refractivity contribution is 0.236. The molecule has 0 saturated carbocycles. The molecule has 1 rings (SSSR count). The smallest absolute Gasteiger partial charge is 0.129 e. The molecular formula is C17H24OSi. The largest absolute Gasteiger partial charge is 0.380 e. The van der Waals surface area contributed by atoms with Gasteiger partial charge in [0.1, 0.15) is 14.2 Å². The van der Waals surface area contributed by atoms with Crippen molar-refractivity contribution in [2.75, 3.05) is 0 Å². The molecule has 0 bridgehead atoms. The van der Waals surface area contributed by atoms with Crippen LogP contribution in [0.5, 0.6) is 0 Å². The highest BCUT2D eigenvalue weighted by atomic mass is 28.3. The summed E-state index contributed by atoms with van der Waals surface area (Å²) in [5.74, 6) is 2.95. The normalized spacial score (nSPS) is 13.1. The van der Waals surface area contributed by atoms with Gasteiger partial charge < -0.3 is 5.11 Å². The van der Waals surface area contributed by atoms with E-state index in [1.165, 1.54) is 5.56 Å². The van der Waals surface area contributed by atoms with Crippen molar-refractivity contribution in [3.63, 3.8) is 0 Å². The highest BCUT2D eigenvalue weighted by Gasteiger charge is 2.08. The van der Waals surface area contributed by atoms with E-state index in [2.05, 4.69) is 61.4 Å². The Morgan fingerprint density at radius 3 is 2.47 bits per heavy atom. The van der Waals surface area contributed by atoms with Crippen molar-refractivity contribution in [2.45, 2.75) is 45.0 Å². The number of hydrogen-bond donors (Lipinski definition) is 1. The van der Waals surface area contributed by atoms with Gasteiger partial charge >= 0.3 is 0 Å². The Balaban J connectivity index is 2.25. The van der Waals surface area contributed by atoms with Crippen LogP contribution in [-0.4, -0.2) is 19.3 Å². The summed E-state index contributed by atoms with van der Waals surface area (Å²) in [7, 11) is -1.36. The molecule has 19 heavy (non-hydrogen) atoms. The predicted molar refractivity (Wildman–Crippen MR) is 85.6 cm³/mol. The van der Waals surface area contributed by atoms with Gasteiger partial charge in [-0.1, -0.05) is 68.0 Å². The van der Waals surface area contributed by atoms with E-state index in [4.69, 9.17) is 0 Å². The van der Waals surface area contributed by atoms with Gasteiger partial charge in [-0.3, -0.25) is 0 Å². The fraction of sp³-hybridized carbons (Fsp3) is 0.412. The fourth-order valence-electron chi connectivity index (χ4n) is 1.60. The summed E-state index contributed by atoms with van der Waals surface area (Å²) >= 11 is 0. The van der Waals surface area contributed by atoms with E-state index in [0.717, 1.165) is 12.8 Å². The molecule has 1 atom stereocenters. The Bertz CT molecular complexity index is 446. The van der Waals surface area contributed by atoms with Crippen molar-refractivity contribution in [1.82, 2.24) is 0 Å². The number of hydrogen-bond acceptors (Lipinski definition) is 1. The molecular weight excluding hydrogens is 248 g/mol. The van der Waals surface area contributed by atoms with Crippen LogP contribution < -0.4 is 0 Å². The maximum atomic E-state index is 9.73. The first-order valence-corrected chi connectivity index (χ1v) is 10.4. The summed E-state index contributed by atoms with van der Waals surface area (Å²) in [4.78, 5) is 0. The number of allylic oxidation sites excluding steroid dienone is 1. The Labute approximate surface area is 118 Å². The van der Waals surface area contributed by atoms with Gasteiger partial charge in [0.05, 0.1) is 0 Å². The molecule has 0 aromatic heterocycles. The molecule has 0 aliphatic rings. The quantitative estimate of drug-likeness (QED) is 0.491. The molecule has 2 heteroatoms. The molecule has 1 unspecified atom stereocenters. The molecule has 0 fully saturated rings. The van der Waals surface area contributed by atoms with Gasteiger partial charge in [-0.15, -0.1) is 5.54 Å². The van der Waals surface area contributed by atoms with Gasteiger partial charge in [0.25, 0.3) is 0 Å².